The number of hydrogen-bond acceptors (Lipinski definition) is 4. The van der Waals surface area contributed by atoms with Crippen LogP contribution in [0.4, 0.5) is 5.69 Å². The minimum absolute atomic E-state index is 0.508. The minimum atomic E-state index is 0.508. The summed E-state index contributed by atoms with van der Waals surface area (Å²) in [6.07, 6.45) is 1.78. The van der Waals surface area contributed by atoms with Gasteiger partial charge in [-0.1, -0.05) is 53.5 Å². The molecule has 2 N–H and O–H groups in total. The Balaban J connectivity index is 1.51. The number of thioether (sulfide) groups is 1. The van der Waals surface area contributed by atoms with E-state index in [0.717, 1.165) is 23.1 Å². The smallest absolute Gasteiger partial charge is 0.197 e. The molecule has 0 aliphatic carbocycles. The van der Waals surface area contributed by atoms with E-state index >= 15 is 0 Å². The number of anilines is 1. The lowest BCUT2D eigenvalue weighted by atomic mass is 10.2. The van der Waals surface area contributed by atoms with Crippen LogP contribution in [0.1, 0.15) is 12.5 Å². The van der Waals surface area contributed by atoms with Crippen molar-refractivity contribution >= 4 is 51.0 Å². The Kier molecular flexibility index (Phi) is 6.02. The van der Waals surface area contributed by atoms with Gasteiger partial charge in [-0.2, -0.15) is 4.99 Å². The van der Waals surface area contributed by atoms with E-state index in [-0.39, 0.29) is 0 Å². The van der Waals surface area contributed by atoms with Crippen LogP contribution in [0, 0.1) is 0 Å². The van der Waals surface area contributed by atoms with Crippen molar-refractivity contribution in [1.82, 2.24) is 5.32 Å². The van der Waals surface area contributed by atoms with Crippen LogP contribution in [-0.2, 0) is 6.54 Å². The Morgan fingerprint density at radius 1 is 1.16 bits per heavy atom. The maximum atomic E-state index is 5.99. The molecule has 0 atom stereocenters. The molecule has 7 heteroatoms. The number of nitrogens with one attached hydrogen (secondary N) is 2. The average Bonchev–Trinajstić information content (AvgIpc) is 2.59. The predicted molar refractivity (Wildman–Crippen MR) is 110 cm³/mol. The van der Waals surface area contributed by atoms with Gasteiger partial charge >= 0.3 is 0 Å². The van der Waals surface area contributed by atoms with Gasteiger partial charge in [0.05, 0.1) is 10.0 Å². The second kappa shape index (κ2) is 8.43. The first-order chi connectivity index (χ1) is 12.1. The predicted octanol–water partition coefficient (Wildman–Crippen LogP) is 5.52. The van der Waals surface area contributed by atoms with Gasteiger partial charge in [0.25, 0.3) is 0 Å². The average molecular weight is 391 g/mol. The Hall–Kier alpha value is -1.95. The summed E-state index contributed by atoms with van der Waals surface area (Å²) >= 11 is 13.4. The Morgan fingerprint density at radius 3 is 2.64 bits per heavy atom. The molecule has 2 aromatic carbocycles. The zero-order chi connectivity index (χ0) is 17.6. The van der Waals surface area contributed by atoms with Gasteiger partial charge in [0, 0.05) is 24.1 Å². The lowest BCUT2D eigenvalue weighted by Gasteiger charge is -2.16. The first-order valence-electron chi connectivity index (χ1n) is 7.61. The molecule has 0 saturated carbocycles. The fourth-order valence-electron chi connectivity index (χ4n) is 2.02. The van der Waals surface area contributed by atoms with E-state index in [2.05, 4.69) is 32.8 Å². The van der Waals surface area contributed by atoms with E-state index in [0.29, 0.717) is 15.2 Å². The zero-order valence-corrected chi connectivity index (χ0v) is 15.8. The normalized spacial score (nSPS) is 15.6. The third-order valence-electron chi connectivity index (χ3n) is 3.34. The van der Waals surface area contributed by atoms with Crippen LogP contribution in [-0.4, -0.2) is 10.3 Å². The Morgan fingerprint density at radius 2 is 1.92 bits per heavy atom. The van der Waals surface area contributed by atoms with Gasteiger partial charge in [-0.05, 0) is 42.4 Å². The zero-order valence-electron chi connectivity index (χ0n) is 13.5. The number of hydrogen-bond donors (Lipinski definition) is 2. The third kappa shape index (κ3) is 5.26. The summed E-state index contributed by atoms with van der Waals surface area (Å²) in [7, 11) is 0. The molecule has 0 fully saturated rings. The molecule has 0 aromatic heterocycles. The topological polar surface area (TPSA) is 48.8 Å². The summed E-state index contributed by atoms with van der Waals surface area (Å²) in [4.78, 5) is 8.67. The van der Waals surface area contributed by atoms with Crippen molar-refractivity contribution in [2.24, 2.45) is 9.98 Å². The van der Waals surface area contributed by atoms with E-state index in [1.54, 1.807) is 18.3 Å². The molecule has 0 saturated heterocycles. The number of allylic oxidation sites excluding steroid dienone is 1. The number of amidine groups is 2. The third-order valence-corrected chi connectivity index (χ3v) is 4.84. The number of aliphatic imine (C=N–C) groups is 2. The van der Waals surface area contributed by atoms with Crippen molar-refractivity contribution in [3.63, 3.8) is 0 Å². The highest BCUT2D eigenvalue weighted by Gasteiger charge is 2.17. The molecule has 4 nitrogen and oxygen atoms in total. The highest BCUT2D eigenvalue weighted by molar-refractivity contribution is 8.29. The van der Waals surface area contributed by atoms with Crippen LogP contribution in [0.25, 0.3) is 0 Å². The summed E-state index contributed by atoms with van der Waals surface area (Å²) in [6, 6.07) is 15.6. The van der Waals surface area contributed by atoms with Gasteiger partial charge in [0.2, 0.25) is 0 Å². The van der Waals surface area contributed by atoms with Crippen molar-refractivity contribution in [2.75, 3.05) is 5.32 Å². The quantitative estimate of drug-likeness (QED) is 0.706. The Bertz CT molecular complexity index is 847. The number of benzene rings is 2. The van der Waals surface area contributed by atoms with Gasteiger partial charge in [-0.25, -0.2) is 4.99 Å². The summed E-state index contributed by atoms with van der Waals surface area (Å²) < 4.78 is 0. The molecule has 25 heavy (non-hydrogen) atoms. The SMILES string of the molecule is C/C(=C/N=C1N=C(Nc2ccc(Cl)c(Cl)c2)S1)NCc1ccccc1. The fourth-order valence-corrected chi connectivity index (χ4v) is 2.90. The number of rotatable bonds is 5. The van der Waals surface area contributed by atoms with Crippen molar-refractivity contribution in [2.45, 2.75) is 13.5 Å². The number of halogens is 2. The molecular weight excluding hydrogens is 375 g/mol. The first kappa shape index (κ1) is 17.9. The van der Waals surface area contributed by atoms with Crippen molar-refractivity contribution < 1.29 is 0 Å². The number of nitrogens with zero attached hydrogens (tertiary/aromatic N) is 2. The lowest BCUT2D eigenvalue weighted by molar-refractivity contribution is 0.808. The summed E-state index contributed by atoms with van der Waals surface area (Å²) in [5.74, 6) is 0. The molecule has 0 bridgehead atoms. The fraction of sp³-hybridized carbons (Fsp3) is 0.111. The largest absolute Gasteiger partial charge is 0.383 e. The van der Waals surface area contributed by atoms with Gasteiger partial charge in [0.15, 0.2) is 10.3 Å². The van der Waals surface area contributed by atoms with E-state index in [4.69, 9.17) is 23.2 Å². The molecular formula is C18H16Cl2N4S. The molecule has 0 spiro atoms. The highest BCUT2D eigenvalue weighted by Crippen LogP contribution is 2.27. The van der Waals surface area contributed by atoms with Crippen molar-refractivity contribution in [3.05, 3.63) is 76.0 Å². The summed E-state index contributed by atoms with van der Waals surface area (Å²) in [5.41, 5.74) is 3.06. The van der Waals surface area contributed by atoms with Gasteiger partial charge < -0.3 is 10.6 Å². The van der Waals surface area contributed by atoms with E-state index < -0.39 is 0 Å². The molecule has 0 unspecified atom stereocenters. The van der Waals surface area contributed by atoms with Crippen molar-refractivity contribution in [3.8, 4) is 0 Å². The van der Waals surface area contributed by atoms with Crippen LogP contribution in [0.3, 0.4) is 0 Å². The molecule has 1 aliphatic heterocycles. The highest BCUT2D eigenvalue weighted by atomic mass is 35.5. The second-order valence-electron chi connectivity index (χ2n) is 5.34. The van der Waals surface area contributed by atoms with Gasteiger partial charge in [-0.3, -0.25) is 0 Å². The van der Waals surface area contributed by atoms with Gasteiger partial charge in [0.1, 0.15) is 0 Å². The molecule has 128 valence electrons. The minimum Gasteiger partial charge on any atom is -0.383 e. The van der Waals surface area contributed by atoms with Crippen molar-refractivity contribution in [1.29, 1.82) is 0 Å². The lowest BCUT2D eigenvalue weighted by Crippen LogP contribution is -2.19. The molecule has 1 aliphatic rings. The maximum Gasteiger partial charge on any atom is 0.197 e. The van der Waals surface area contributed by atoms with Crippen LogP contribution < -0.4 is 10.6 Å². The molecule has 0 amide bonds. The standard InChI is InChI=1S/C18H16Cl2N4S/c1-12(21-11-13-5-3-2-4-6-13)10-22-17-24-18(25-17)23-14-7-8-15(19)16(20)9-14/h2-10,21H,11H2,1H3,(H,22,23,24)/b12-10-. The Labute approximate surface area is 161 Å². The summed E-state index contributed by atoms with van der Waals surface area (Å²) in [5, 5.41) is 9.01. The first-order valence-corrected chi connectivity index (χ1v) is 9.18. The van der Waals surface area contributed by atoms with Crippen LogP contribution >= 0.6 is 35.0 Å². The van der Waals surface area contributed by atoms with Crippen LogP contribution in [0.5, 0.6) is 0 Å². The van der Waals surface area contributed by atoms with Crippen LogP contribution in [0.15, 0.2) is 70.4 Å². The molecule has 3 rings (SSSR count). The van der Waals surface area contributed by atoms with Crippen LogP contribution in [0.2, 0.25) is 10.0 Å². The monoisotopic (exact) mass is 390 g/mol. The second-order valence-corrected chi connectivity index (χ2v) is 7.11. The molecule has 0 radical (unpaired) electrons. The van der Waals surface area contributed by atoms with E-state index in [9.17, 15) is 0 Å². The van der Waals surface area contributed by atoms with E-state index in [1.165, 1.54) is 17.3 Å². The maximum absolute atomic E-state index is 5.99. The summed E-state index contributed by atoms with van der Waals surface area (Å²) in [6.45, 7) is 2.75. The molecule has 2 aromatic rings. The van der Waals surface area contributed by atoms with E-state index in [1.807, 2.05) is 31.2 Å². The van der Waals surface area contributed by atoms with Gasteiger partial charge in [-0.15, -0.1) is 0 Å². The molecule has 1 heterocycles.